The second kappa shape index (κ2) is 7.12. The molecule has 0 aromatic carbocycles. The highest BCUT2D eigenvalue weighted by atomic mass is 16.1. The monoisotopic (exact) mass is 332 g/mol. The average Bonchev–Trinajstić information content (AvgIpc) is 2.93. The first-order chi connectivity index (χ1) is 11.5. The van der Waals surface area contributed by atoms with E-state index in [2.05, 4.69) is 13.8 Å². The molecule has 0 radical (unpaired) electrons. The Kier molecular flexibility index (Phi) is 5.48. The van der Waals surface area contributed by atoms with Crippen LogP contribution in [0.1, 0.15) is 92.4 Å². The van der Waals surface area contributed by atoms with Crippen molar-refractivity contribution in [2.75, 3.05) is 0 Å². The summed E-state index contributed by atoms with van der Waals surface area (Å²) in [7, 11) is 0. The van der Waals surface area contributed by atoms with E-state index in [0.717, 1.165) is 35.5 Å². The minimum absolute atomic E-state index is 0.349. The maximum Gasteiger partial charge on any atom is 0.133 e. The second-order valence-electron chi connectivity index (χ2n) is 9.64. The third-order valence-corrected chi connectivity index (χ3v) is 8.71. The SMILES string of the molecule is CC.CC(=O)C1CCC2C3CCC4CC(C)CCC4C3CCC12C. The Morgan fingerprint density at radius 2 is 1.58 bits per heavy atom. The molecule has 138 valence electrons. The van der Waals surface area contributed by atoms with E-state index < -0.39 is 0 Å². The molecule has 4 aliphatic rings. The zero-order chi connectivity index (χ0) is 17.5. The third kappa shape index (κ3) is 2.88. The number of ketones is 1. The number of Topliss-reactive ketones (excluding diaryl/α,β-unsaturated/α-hetero) is 1. The van der Waals surface area contributed by atoms with E-state index >= 15 is 0 Å². The summed E-state index contributed by atoms with van der Waals surface area (Å²) in [6, 6.07) is 0. The van der Waals surface area contributed by atoms with Crippen LogP contribution in [0.3, 0.4) is 0 Å². The molecule has 0 aliphatic heterocycles. The predicted octanol–water partition coefficient (Wildman–Crippen LogP) is 6.51. The van der Waals surface area contributed by atoms with Crippen LogP contribution >= 0.6 is 0 Å². The van der Waals surface area contributed by atoms with Crippen molar-refractivity contribution in [2.45, 2.75) is 92.4 Å². The summed E-state index contributed by atoms with van der Waals surface area (Å²) in [4.78, 5) is 12.1. The van der Waals surface area contributed by atoms with Gasteiger partial charge in [0.05, 0.1) is 0 Å². The summed E-state index contributed by atoms with van der Waals surface area (Å²) < 4.78 is 0. The molecule has 8 unspecified atom stereocenters. The number of hydrogen-bond acceptors (Lipinski definition) is 1. The Labute approximate surface area is 150 Å². The van der Waals surface area contributed by atoms with Gasteiger partial charge in [-0.05, 0) is 99.2 Å². The molecule has 1 heteroatoms. The first kappa shape index (κ1) is 18.5. The molecule has 0 N–H and O–H groups in total. The summed E-state index contributed by atoms with van der Waals surface area (Å²) in [5.41, 5.74) is 0.349. The standard InChI is InChI=1S/C21H34O.C2H6/c1-13-4-6-16-15(12-13)5-7-18-17(16)10-11-21(3)19(14(2)22)8-9-20(18)21;1-2/h13,15-20H,4-12H2,1-3H3;1-2H3. The maximum atomic E-state index is 12.1. The number of fused-ring (bicyclic) bond motifs is 5. The number of rotatable bonds is 1. The molecule has 0 aromatic rings. The normalized spacial score (nSPS) is 50.0. The van der Waals surface area contributed by atoms with Gasteiger partial charge in [-0.1, -0.05) is 34.1 Å². The molecule has 4 fully saturated rings. The molecule has 0 bridgehead atoms. The van der Waals surface area contributed by atoms with Gasteiger partial charge in [0.2, 0.25) is 0 Å². The van der Waals surface area contributed by atoms with Crippen molar-refractivity contribution in [3.63, 3.8) is 0 Å². The van der Waals surface area contributed by atoms with Crippen LogP contribution in [0.15, 0.2) is 0 Å². The quantitative estimate of drug-likeness (QED) is 0.535. The number of carbonyl (C=O) groups is 1. The minimum Gasteiger partial charge on any atom is -0.300 e. The lowest BCUT2D eigenvalue weighted by Crippen LogP contribution is -2.49. The van der Waals surface area contributed by atoms with E-state index in [-0.39, 0.29) is 0 Å². The van der Waals surface area contributed by atoms with Crippen molar-refractivity contribution >= 4 is 5.78 Å². The summed E-state index contributed by atoms with van der Waals surface area (Å²) in [5.74, 6) is 6.73. The molecule has 4 rings (SSSR count). The molecule has 0 amide bonds. The highest BCUT2D eigenvalue weighted by Gasteiger charge is 2.57. The molecular formula is C23H40O. The van der Waals surface area contributed by atoms with Gasteiger partial charge in [0.1, 0.15) is 5.78 Å². The molecule has 0 aromatic heterocycles. The van der Waals surface area contributed by atoms with Crippen molar-refractivity contribution in [3.05, 3.63) is 0 Å². The van der Waals surface area contributed by atoms with Gasteiger partial charge >= 0.3 is 0 Å². The fourth-order valence-electron chi connectivity index (χ4n) is 7.76. The van der Waals surface area contributed by atoms with E-state index in [0.29, 0.717) is 17.1 Å². The zero-order valence-corrected chi connectivity index (χ0v) is 16.8. The second-order valence-corrected chi connectivity index (χ2v) is 9.64. The molecule has 0 spiro atoms. The summed E-state index contributed by atoms with van der Waals surface area (Å²) in [6.45, 7) is 10.8. The fraction of sp³-hybridized carbons (Fsp3) is 0.957. The molecule has 24 heavy (non-hydrogen) atoms. The van der Waals surface area contributed by atoms with Crippen LogP contribution in [-0.2, 0) is 4.79 Å². The summed E-state index contributed by atoms with van der Waals surface area (Å²) in [5, 5.41) is 0. The van der Waals surface area contributed by atoms with Crippen LogP contribution in [0.25, 0.3) is 0 Å². The average molecular weight is 333 g/mol. The Morgan fingerprint density at radius 1 is 0.875 bits per heavy atom. The zero-order valence-electron chi connectivity index (χ0n) is 16.8. The van der Waals surface area contributed by atoms with Gasteiger partial charge in [-0.3, -0.25) is 4.79 Å². The smallest absolute Gasteiger partial charge is 0.133 e. The number of carbonyl (C=O) groups excluding carboxylic acids is 1. The Hall–Kier alpha value is -0.330. The molecule has 8 atom stereocenters. The molecule has 4 saturated carbocycles. The van der Waals surface area contributed by atoms with Crippen LogP contribution in [0.5, 0.6) is 0 Å². The Morgan fingerprint density at radius 3 is 2.29 bits per heavy atom. The first-order valence-corrected chi connectivity index (χ1v) is 11.0. The van der Waals surface area contributed by atoms with Crippen molar-refractivity contribution in [1.29, 1.82) is 0 Å². The van der Waals surface area contributed by atoms with E-state index in [4.69, 9.17) is 0 Å². The van der Waals surface area contributed by atoms with Crippen LogP contribution in [0, 0.1) is 46.8 Å². The van der Waals surface area contributed by atoms with Crippen molar-refractivity contribution in [2.24, 2.45) is 46.8 Å². The highest BCUT2D eigenvalue weighted by Crippen LogP contribution is 2.64. The molecule has 1 nitrogen and oxygen atoms in total. The van der Waals surface area contributed by atoms with Crippen molar-refractivity contribution in [1.82, 2.24) is 0 Å². The van der Waals surface area contributed by atoms with Crippen LogP contribution in [0.4, 0.5) is 0 Å². The van der Waals surface area contributed by atoms with Gasteiger partial charge in [0, 0.05) is 5.92 Å². The van der Waals surface area contributed by atoms with Gasteiger partial charge in [0.25, 0.3) is 0 Å². The van der Waals surface area contributed by atoms with E-state index in [1.165, 1.54) is 57.8 Å². The van der Waals surface area contributed by atoms with Crippen molar-refractivity contribution < 1.29 is 4.79 Å². The molecule has 4 aliphatic carbocycles. The van der Waals surface area contributed by atoms with Crippen molar-refractivity contribution in [3.8, 4) is 0 Å². The Bertz CT molecular complexity index is 455. The lowest BCUT2D eigenvalue weighted by molar-refractivity contribution is -0.128. The lowest BCUT2D eigenvalue weighted by atomic mass is 9.49. The van der Waals surface area contributed by atoms with Crippen LogP contribution in [0.2, 0.25) is 0 Å². The van der Waals surface area contributed by atoms with Crippen LogP contribution in [-0.4, -0.2) is 5.78 Å². The largest absolute Gasteiger partial charge is 0.300 e. The summed E-state index contributed by atoms with van der Waals surface area (Å²) in [6.07, 6.45) is 12.7. The minimum atomic E-state index is 0.349. The predicted molar refractivity (Wildman–Crippen MR) is 102 cm³/mol. The molecule has 0 heterocycles. The maximum absolute atomic E-state index is 12.1. The van der Waals surface area contributed by atoms with Gasteiger partial charge in [-0.15, -0.1) is 0 Å². The van der Waals surface area contributed by atoms with E-state index in [1.807, 2.05) is 20.8 Å². The molecular weight excluding hydrogens is 292 g/mol. The van der Waals surface area contributed by atoms with Gasteiger partial charge in [-0.2, -0.15) is 0 Å². The summed E-state index contributed by atoms with van der Waals surface area (Å²) >= 11 is 0. The Balaban J connectivity index is 0.000000815. The third-order valence-electron chi connectivity index (χ3n) is 8.71. The molecule has 0 saturated heterocycles. The highest BCUT2D eigenvalue weighted by molar-refractivity contribution is 5.79. The topological polar surface area (TPSA) is 17.1 Å². The first-order valence-electron chi connectivity index (χ1n) is 11.0. The lowest BCUT2D eigenvalue weighted by Gasteiger charge is -2.56. The van der Waals surface area contributed by atoms with E-state index in [1.54, 1.807) is 0 Å². The van der Waals surface area contributed by atoms with E-state index in [9.17, 15) is 4.79 Å². The number of hydrogen-bond donors (Lipinski definition) is 0. The van der Waals surface area contributed by atoms with Gasteiger partial charge < -0.3 is 0 Å². The van der Waals surface area contributed by atoms with Gasteiger partial charge in [0.15, 0.2) is 0 Å². The van der Waals surface area contributed by atoms with Crippen LogP contribution < -0.4 is 0 Å². The fourth-order valence-corrected chi connectivity index (χ4v) is 7.76. The van der Waals surface area contributed by atoms with Gasteiger partial charge in [-0.25, -0.2) is 0 Å².